The van der Waals surface area contributed by atoms with E-state index in [0.717, 1.165) is 5.56 Å². The molecule has 2 N–H and O–H groups in total. The van der Waals surface area contributed by atoms with Gasteiger partial charge in [0, 0.05) is 6.42 Å². The number of ether oxygens (including phenoxy) is 1. The Morgan fingerprint density at radius 2 is 1.71 bits per heavy atom. The molecule has 0 heterocycles. The molecule has 2 aromatic carbocycles. The van der Waals surface area contributed by atoms with Crippen molar-refractivity contribution in [2.75, 3.05) is 13.2 Å². The minimum absolute atomic E-state index is 0.118. The molecule has 0 saturated carbocycles. The third-order valence-corrected chi connectivity index (χ3v) is 3.24. The fourth-order valence-electron chi connectivity index (χ4n) is 2.04. The fraction of sp³-hybridized carbons (Fsp3) is 0.235. The molecule has 2 rings (SSSR count). The summed E-state index contributed by atoms with van der Waals surface area (Å²) in [4.78, 5) is 12.0. The lowest BCUT2D eigenvalue weighted by atomic mass is 10.0. The summed E-state index contributed by atoms with van der Waals surface area (Å²) in [5.74, 6) is -1.06. The molecule has 21 heavy (non-hydrogen) atoms. The topological polar surface area (TPSA) is 66.8 Å². The summed E-state index contributed by atoms with van der Waals surface area (Å²) >= 11 is 0. The van der Waals surface area contributed by atoms with Crippen molar-refractivity contribution in [1.29, 1.82) is 0 Å². The molecule has 0 amide bonds. The van der Waals surface area contributed by atoms with Gasteiger partial charge < -0.3 is 14.9 Å². The molecule has 0 aliphatic carbocycles. The van der Waals surface area contributed by atoms with Crippen LogP contribution >= 0.6 is 0 Å². The zero-order chi connectivity index (χ0) is 15.1. The molecule has 0 radical (unpaired) electrons. The van der Waals surface area contributed by atoms with Gasteiger partial charge in [-0.15, -0.1) is 0 Å². The highest BCUT2D eigenvalue weighted by molar-refractivity contribution is 5.78. The molecule has 0 fully saturated rings. The largest absolute Gasteiger partial charge is 0.508 e. The van der Waals surface area contributed by atoms with E-state index in [1.54, 1.807) is 12.1 Å². The predicted octanol–water partition coefficient (Wildman–Crippen LogP) is 2.25. The van der Waals surface area contributed by atoms with Crippen LogP contribution in [0, 0.1) is 0 Å². The Morgan fingerprint density at radius 3 is 2.33 bits per heavy atom. The number of phenolic OH excluding ortho intramolecular Hbond substituents is 1. The van der Waals surface area contributed by atoms with Gasteiger partial charge in [0.1, 0.15) is 11.7 Å². The average molecular weight is 286 g/mol. The summed E-state index contributed by atoms with van der Waals surface area (Å²) in [6.07, 6.45) is 0.639. The Labute approximate surface area is 123 Å². The molecule has 110 valence electrons. The van der Waals surface area contributed by atoms with Crippen molar-refractivity contribution in [3.63, 3.8) is 0 Å². The molecule has 1 unspecified atom stereocenters. The smallest absolute Gasteiger partial charge is 0.315 e. The van der Waals surface area contributed by atoms with Crippen molar-refractivity contribution in [2.24, 2.45) is 0 Å². The maximum atomic E-state index is 12.0. The predicted molar refractivity (Wildman–Crippen MR) is 79.0 cm³/mol. The van der Waals surface area contributed by atoms with Crippen LogP contribution in [0.15, 0.2) is 54.6 Å². The van der Waals surface area contributed by atoms with Crippen LogP contribution in [0.5, 0.6) is 5.75 Å². The molecule has 0 spiro atoms. The second kappa shape index (κ2) is 7.45. The second-order valence-electron chi connectivity index (χ2n) is 4.73. The number of carbonyl (C=O) groups is 1. The zero-order valence-electron chi connectivity index (χ0n) is 11.6. The van der Waals surface area contributed by atoms with E-state index in [1.807, 2.05) is 30.3 Å². The highest BCUT2D eigenvalue weighted by Gasteiger charge is 2.21. The second-order valence-corrected chi connectivity index (χ2v) is 4.73. The van der Waals surface area contributed by atoms with Gasteiger partial charge in [0.05, 0.1) is 13.2 Å². The first-order valence-corrected chi connectivity index (χ1v) is 6.81. The minimum atomic E-state index is -0.721. The third kappa shape index (κ3) is 4.33. The Kier molecular flexibility index (Phi) is 5.35. The van der Waals surface area contributed by atoms with Crippen LogP contribution in [-0.4, -0.2) is 29.4 Å². The van der Waals surface area contributed by atoms with E-state index >= 15 is 0 Å². The quantitative estimate of drug-likeness (QED) is 0.799. The summed E-state index contributed by atoms with van der Waals surface area (Å²) in [6.45, 7) is -0.0492. The maximum absolute atomic E-state index is 12.0. The number of aromatic hydroxyl groups is 1. The number of hydrogen-bond acceptors (Lipinski definition) is 4. The van der Waals surface area contributed by atoms with Crippen molar-refractivity contribution in [3.8, 4) is 5.75 Å². The van der Waals surface area contributed by atoms with Crippen LogP contribution in [0.3, 0.4) is 0 Å². The van der Waals surface area contributed by atoms with E-state index in [2.05, 4.69) is 0 Å². The van der Waals surface area contributed by atoms with E-state index in [4.69, 9.17) is 4.74 Å². The minimum Gasteiger partial charge on any atom is -0.508 e. The lowest BCUT2D eigenvalue weighted by Crippen LogP contribution is -2.20. The summed E-state index contributed by atoms with van der Waals surface area (Å²) < 4.78 is 5.22. The van der Waals surface area contributed by atoms with Crippen LogP contribution in [-0.2, 0) is 16.0 Å². The van der Waals surface area contributed by atoms with E-state index in [-0.39, 0.29) is 19.0 Å². The number of hydrogen-bond donors (Lipinski definition) is 2. The van der Waals surface area contributed by atoms with E-state index in [9.17, 15) is 15.0 Å². The van der Waals surface area contributed by atoms with Crippen LogP contribution in [0.25, 0.3) is 0 Å². The number of aliphatic hydroxyl groups excluding tert-OH is 1. The van der Waals surface area contributed by atoms with Gasteiger partial charge in [-0.05, 0) is 23.3 Å². The standard InChI is InChI=1S/C17H18O4/c18-12-16(14-6-8-15(19)9-7-14)17(20)21-11-10-13-4-2-1-3-5-13/h1-9,16,18-19H,10-12H2. The van der Waals surface area contributed by atoms with Gasteiger partial charge in [-0.2, -0.15) is 0 Å². The van der Waals surface area contributed by atoms with Crippen LogP contribution in [0.4, 0.5) is 0 Å². The molecule has 1 atom stereocenters. The molecular formula is C17H18O4. The molecule has 2 aromatic rings. The van der Waals surface area contributed by atoms with Crippen LogP contribution < -0.4 is 0 Å². The van der Waals surface area contributed by atoms with Crippen molar-refractivity contribution >= 4 is 5.97 Å². The molecule has 0 bridgehead atoms. The SMILES string of the molecule is O=C(OCCc1ccccc1)C(CO)c1ccc(O)cc1. The number of esters is 1. The normalized spacial score (nSPS) is 11.9. The highest BCUT2D eigenvalue weighted by Crippen LogP contribution is 2.20. The van der Waals surface area contributed by atoms with E-state index < -0.39 is 11.9 Å². The van der Waals surface area contributed by atoms with Crippen LogP contribution in [0.1, 0.15) is 17.0 Å². The number of benzene rings is 2. The summed E-state index contributed by atoms with van der Waals surface area (Å²) in [6, 6.07) is 15.9. The van der Waals surface area contributed by atoms with Crippen molar-refractivity contribution in [3.05, 3.63) is 65.7 Å². The van der Waals surface area contributed by atoms with Crippen molar-refractivity contribution in [2.45, 2.75) is 12.3 Å². The third-order valence-electron chi connectivity index (χ3n) is 3.24. The van der Waals surface area contributed by atoms with Gasteiger partial charge in [-0.3, -0.25) is 4.79 Å². The van der Waals surface area contributed by atoms with Gasteiger partial charge in [-0.25, -0.2) is 0 Å². The van der Waals surface area contributed by atoms with Crippen molar-refractivity contribution in [1.82, 2.24) is 0 Å². The molecule has 0 saturated heterocycles. The Bertz CT molecular complexity index is 563. The van der Waals surface area contributed by atoms with E-state index in [0.29, 0.717) is 12.0 Å². The van der Waals surface area contributed by atoms with Crippen molar-refractivity contribution < 1.29 is 19.7 Å². The summed E-state index contributed by atoms with van der Waals surface area (Å²) in [7, 11) is 0. The van der Waals surface area contributed by atoms with Gasteiger partial charge in [0.2, 0.25) is 0 Å². The van der Waals surface area contributed by atoms with Gasteiger partial charge >= 0.3 is 5.97 Å². The summed E-state index contributed by atoms with van der Waals surface area (Å²) in [5, 5.41) is 18.6. The number of aliphatic hydroxyl groups is 1. The van der Waals surface area contributed by atoms with Gasteiger partial charge in [0.25, 0.3) is 0 Å². The monoisotopic (exact) mass is 286 g/mol. The van der Waals surface area contributed by atoms with Gasteiger partial charge in [0.15, 0.2) is 0 Å². The summed E-state index contributed by atoms with van der Waals surface area (Å²) in [5.41, 5.74) is 1.72. The molecule has 0 aromatic heterocycles. The zero-order valence-corrected chi connectivity index (χ0v) is 11.6. The number of carbonyl (C=O) groups excluding carboxylic acids is 1. The maximum Gasteiger partial charge on any atom is 0.315 e. The molecule has 0 aliphatic rings. The molecule has 0 aliphatic heterocycles. The molecule has 4 nitrogen and oxygen atoms in total. The lowest BCUT2D eigenvalue weighted by molar-refractivity contribution is -0.146. The highest BCUT2D eigenvalue weighted by atomic mass is 16.5. The molecular weight excluding hydrogens is 268 g/mol. The molecule has 4 heteroatoms. The Hall–Kier alpha value is -2.33. The average Bonchev–Trinajstić information content (AvgIpc) is 2.51. The fourth-order valence-corrected chi connectivity index (χ4v) is 2.04. The van der Waals surface area contributed by atoms with Crippen LogP contribution in [0.2, 0.25) is 0 Å². The lowest BCUT2D eigenvalue weighted by Gasteiger charge is -2.14. The first kappa shape index (κ1) is 15.1. The Morgan fingerprint density at radius 1 is 1.05 bits per heavy atom. The Balaban J connectivity index is 1.90. The number of phenols is 1. The van der Waals surface area contributed by atoms with Gasteiger partial charge in [-0.1, -0.05) is 42.5 Å². The first-order chi connectivity index (χ1) is 10.2. The first-order valence-electron chi connectivity index (χ1n) is 6.81. The number of rotatable bonds is 6. The van der Waals surface area contributed by atoms with E-state index in [1.165, 1.54) is 12.1 Å².